The van der Waals surface area contributed by atoms with E-state index in [1.807, 2.05) is 40.9 Å². The minimum Gasteiger partial charge on any atom is -0.392 e. The van der Waals surface area contributed by atoms with Crippen molar-refractivity contribution in [2.75, 3.05) is 11.9 Å². The summed E-state index contributed by atoms with van der Waals surface area (Å²) in [5.74, 6) is 0.824. The van der Waals surface area contributed by atoms with Gasteiger partial charge in [-0.2, -0.15) is 0 Å². The third kappa shape index (κ3) is 2.60. The zero-order valence-electron chi connectivity index (χ0n) is 12.0. The van der Waals surface area contributed by atoms with Crippen LogP contribution in [0, 0.1) is 0 Å². The van der Waals surface area contributed by atoms with Crippen LogP contribution in [0.15, 0.2) is 42.6 Å². The number of anilines is 1. The molecule has 0 aliphatic heterocycles. The molecule has 108 valence electrons. The second-order valence-electron chi connectivity index (χ2n) is 4.87. The van der Waals surface area contributed by atoms with Crippen molar-refractivity contribution >= 4 is 11.5 Å². The maximum absolute atomic E-state index is 9.50. The molecule has 0 fully saturated rings. The molecule has 1 aromatic carbocycles. The number of aliphatic hydroxyl groups excluding tert-OH is 1. The Bertz CT molecular complexity index is 751. The minimum absolute atomic E-state index is 0.00280. The molecule has 0 unspecified atom stereocenters. The van der Waals surface area contributed by atoms with E-state index >= 15 is 0 Å². The zero-order valence-corrected chi connectivity index (χ0v) is 12.0. The van der Waals surface area contributed by atoms with Gasteiger partial charge in [0.05, 0.1) is 18.5 Å². The Hall–Kier alpha value is -2.40. The molecule has 5 heteroatoms. The van der Waals surface area contributed by atoms with Crippen molar-refractivity contribution in [3.05, 3.63) is 48.2 Å². The van der Waals surface area contributed by atoms with E-state index in [1.165, 1.54) is 0 Å². The summed E-state index contributed by atoms with van der Waals surface area (Å²) in [5.41, 5.74) is 3.50. The Morgan fingerprint density at radius 1 is 1.19 bits per heavy atom. The Morgan fingerprint density at radius 2 is 2.05 bits per heavy atom. The van der Waals surface area contributed by atoms with Crippen molar-refractivity contribution in [2.45, 2.75) is 20.0 Å². The number of hydrogen-bond acceptors (Lipinski definition) is 4. The van der Waals surface area contributed by atoms with Crippen molar-refractivity contribution in [1.29, 1.82) is 0 Å². The second kappa shape index (κ2) is 5.93. The highest BCUT2D eigenvalue weighted by atomic mass is 16.3. The lowest BCUT2D eigenvalue weighted by molar-refractivity contribution is 0.282. The number of nitrogens with zero attached hydrogens (tertiary/aromatic N) is 3. The summed E-state index contributed by atoms with van der Waals surface area (Å²) in [6.45, 7) is 3.00. The predicted molar refractivity (Wildman–Crippen MR) is 83.1 cm³/mol. The summed E-state index contributed by atoms with van der Waals surface area (Å²) in [5, 5.41) is 17.4. The van der Waals surface area contributed by atoms with Gasteiger partial charge in [0.2, 0.25) is 0 Å². The van der Waals surface area contributed by atoms with Gasteiger partial charge >= 0.3 is 0 Å². The molecule has 0 amide bonds. The SMILES string of the molecule is CCCNc1ccc2ncc(-c3ccccc3CO)n2n1. The summed E-state index contributed by atoms with van der Waals surface area (Å²) in [6, 6.07) is 11.6. The molecular weight excluding hydrogens is 264 g/mol. The molecule has 2 N–H and O–H groups in total. The van der Waals surface area contributed by atoms with Crippen LogP contribution in [-0.2, 0) is 6.61 Å². The summed E-state index contributed by atoms with van der Waals surface area (Å²) in [4.78, 5) is 4.38. The van der Waals surface area contributed by atoms with Crippen molar-refractivity contribution in [2.24, 2.45) is 0 Å². The number of rotatable bonds is 5. The third-order valence-electron chi connectivity index (χ3n) is 3.38. The molecule has 3 aromatic rings. The number of fused-ring (bicyclic) bond motifs is 1. The largest absolute Gasteiger partial charge is 0.392 e. The van der Waals surface area contributed by atoms with Crippen LogP contribution in [0.4, 0.5) is 5.82 Å². The van der Waals surface area contributed by atoms with Gasteiger partial charge in [0.1, 0.15) is 5.82 Å². The molecule has 0 atom stereocenters. The molecular formula is C16H18N4O. The predicted octanol–water partition coefficient (Wildman–Crippen LogP) is 2.71. The van der Waals surface area contributed by atoms with Crippen molar-refractivity contribution in [3.8, 4) is 11.3 Å². The van der Waals surface area contributed by atoms with Crippen LogP contribution in [0.3, 0.4) is 0 Å². The Labute approximate surface area is 123 Å². The van der Waals surface area contributed by atoms with Gasteiger partial charge in [-0.05, 0) is 24.1 Å². The Morgan fingerprint density at radius 3 is 2.86 bits per heavy atom. The molecule has 0 spiro atoms. The number of aromatic nitrogens is 3. The lowest BCUT2D eigenvalue weighted by atomic mass is 10.1. The van der Waals surface area contributed by atoms with Crippen LogP contribution >= 0.6 is 0 Å². The minimum atomic E-state index is -0.00280. The Balaban J connectivity index is 2.10. The van der Waals surface area contributed by atoms with Gasteiger partial charge in [-0.1, -0.05) is 31.2 Å². The summed E-state index contributed by atoms with van der Waals surface area (Å²) in [6.07, 6.45) is 2.84. The number of imidazole rings is 1. The third-order valence-corrected chi connectivity index (χ3v) is 3.38. The van der Waals surface area contributed by atoms with E-state index in [4.69, 9.17) is 0 Å². The van der Waals surface area contributed by atoms with E-state index in [9.17, 15) is 5.11 Å². The van der Waals surface area contributed by atoms with E-state index < -0.39 is 0 Å². The number of hydrogen-bond donors (Lipinski definition) is 2. The summed E-state index contributed by atoms with van der Waals surface area (Å²) < 4.78 is 1.81. The highest BCUT2D eigenvalue weighted by molar-refractivity contribution is 5.67. The van der Waals surface area contributed by atoms with Crippen LogP contribution in [0.5, 0.6) is 0 Å². The summed E-state index contributed by atoms with van der Waals surface area (Å²) in [7, 11) is 0. The zero-order chi connectivity index (χ0) is 14.7. The molecule has 0 aliphatic carbocycles. The highest BCUT2D eigenvalue weighted by Crippen LogP contribution is 2.24. The Kier molecular flexibility index (Phi) is 3.83. The second-order valence-corrected chi connectivity index (χ2v) is 4.87. The lowest BCUT2D eigenvalue weighted by Gasteiger charge is -2.08. The van der Waals surface area contributed by atoms with Gasteiger partial charge in [-0.25, -0.2) is 9.50 Å². The van der Waals surface area contributed by atoms with E-state index in [0.29, 0.717) is 0 Å². The molecule has 2 aromatic heterocycles. The molecule has 0 saturated carbocycles. The molecule has 0 radical (unpaired) electrons. The number of nitrogens with one attached hydrogen (secondary N) is 1. The van der Waals surface area contributed by atoms with E-state index in [1.54, 1.807) is 6.20 Å². The molecule has 0 saturated heterocycles. The molecule has 0 aliphatic rings. The maximum atomic E-state index is 9.50. The standard InChI is InChI=1S/C16H18N4O/c1-2-9-17-15-7-8-16-18-10-14(20(16)19-15)13-6-4-3-5-12(13)11-21/h3-8,10,21H,2,9,11H2,1H3,(H,17,19). The molecule has 21 heavy (non-hydrogen) atoms. The highest BCUT2D eigenvalue weighted by Gasteiger charge is 2.11. The summed E-state index contributed by atoms with van der Waals surface area (Å²) >= 11 is 0. The lowest BCUT2D eigenvalue weighted by Crippen LogP contribution is -2.05. The van der Waals surface area contributed by atoms with Crippen molar-refractivity contribution in [3.63, 3.8) is 0 Å². The molecule has 5 nitrogen and oxygen atoms in total. The fourth-order valence-corrected chi connectivity index (χ4v) is 2.31. The average molecular weight is 282 g/mol. The molecule has 0 bridgehead atoms. The van der Waals surface area contributed by atoms with E-state index in [2.05, 4.69) is 22.3 Å². The topological polar surface area (TPSA) is 62.5 Å². The van der Waals surface area contributed by atoms with Crippen molar-refractivity contribution in [1.82, 2.24) is 14.6 Å². The van der Waals surface area contributed by atoms with E-state index in [-0.39, 0.29) is 6.61 Å². The van der Waals surface area contributed by atoms with Gasteiger partial charge < -0.3 is 10.4 Å². The van der Waals surface area contributed by atoms with Gasteiger partial charge in [-0.3, -0.25) is 0 Å². The van der Waals surface area contributed by atoms with Crippen LogP contribution in [0.1, 0.15) is 18.9 Å². The van der Waals surface area contributed by atoms with Gasteiger partial charge in [-0.15, -0.1) is 5.10 Å². The smallest absolute Gasteiger partial charge is 0.154 e. The first-order valence-corrected chi connectivity index (χ1v) is 7.11. The molecule has 3 rings (SSSR count). The van der Waals surface area contributed by atoms with Crippen LogP contribution < -0.4 is 5.32 Å². The first-order valence-electron chi connectivity index (χ1n) is 7.11. The normalized spacial score (nSPS) is 11.0. The fourth-order valence-electron chi connectivity index (χ4n) is 2.31. The van der Waals surface area contributed by atoms with Crippen LogP contribution in [0.2, 0.25) is 0 Å². The first kappa shape index (κ1) is 13.6. The van der Waals surface area contributed by atoms with Gasteiger partial charge in [0, 0.05) is 12.1 Å². The monoisotopic (exact) mass is 282 g/mol. The first-order chi connectivity index (χ1) is 10.3. The quantitative estimate of drug-likeness (QED) is 0.755. The molecule has 2 heterocycles. The maximum Gasteiger partial charge on any atom is 0.154 e. The average Bonchev–Trinajstić information content (AvgIpc) is 2.95. The van der Waals surface area contributed by atoms with Crippen molar-refractivity contribution < 1.29 is 5.11 Å². The number of benzene rings is 1. The number of aliphatic hydroxyl groups is 1. The van der Waals surface area contributed by atoms with Crippen LogP contribution in [0.25, 0.3) is 16.9 Å². The van der Waals surface area contributed by atoms with Gasteiger partial charge in [0.25, 0.3) is 0 Å². The van der Waals surface area contributed by atoms with Crippen LogP contribution in [-0.4, -0.2) is 26.2 Å². The van der Waals surface area contributed by atoms with E-state index in [0.717, 1.165) is 41.3 Å². The van der Waals surface area contributed by atoms with Gasteiger partial charge in [0.15, 0.2) is 5.65 Å². The fraction of sp³-hybridized carbons (Fsp3) is 0.250.